The van der Waals surface area contributed by atoms with Crippen molar-refractivity contribution in [1.82, 2.24) is 0 Å². The fourth-order valence-electron chi connectivity index (χ4n) is 5.01. The predicted molar refractivity (Wildman–Crippen MR) is 196 cm³/mol. The zero-order valence-electron chi connectivity index (χ0n) is 32.1. The van der Waals surface area contributed by atoms with E-state index in [1.165, 1.54) is 5.57 Å². The van der Waals surface area contributed by atoms with Crippen LogP contribution in [0.2, 0.25) is 25.7 Å². The summed E-state index contributed by atoms with van der Waals surface area (Å²) in [5.74, 6) is 4.44. The largest absolute Gasteiger partial charge is 0.465 e. The lowest BCUT2D eigenvalue weighted by atomic mass is 9.85. The number of halogens is 1. The summed E-state index contributed by atoms with van der Waals surface area (Å²) in [6, 6.07) is 1.05. The van der Waals surface area contributed by atoms with E-state index in [-0.39, 0.29) is 35.5 Å². The van der Waals surface area contributed by atoms with Crippen LogP contribution in [0, 0.1) is 28.6 Å². The number of carbonyl (C=O) groups is 2. The van der Waals surface area contributed by atoms with Crippen LogP contribution in [0.5, 0.6) is 0 Å². The summed E-state index contributed by atoms with van der Waals surface area (Å²) < 4.78 is 32.0. The van der Waals surface area contributed by atoms with Gasteiger partial charge in [-0.05, 0) is 84.1 Å². The number of carbonyl (C=O) groups excluding carboxylic acids is 2. The minimum Gasteiger partial charge on any atom is -0.465 e. The summed E-state index contributed by atoms with van der Waals surface area (Å²) in [7, 11) is -1.12. The summed E-state index contributed by atoms with van der Waals surface area (Å²) >= 11 is 0. The molecule has 0 aromatic heterocycles. The molecule has 1 atom stereocenters. The normalized spacial score (nSPS) is 18.1. The van der Waals surface area contributed by atoms with Gasteiger partial charge in [-0.25, -0.2) is 4.39 Å². The van der Waals surface area contributed by atoms with E-state index in [9.17, 15) is 14.0 Å². The molecule has 7 heteroatoms. The second-order valence-corrected chi connectivity index (χ2v) is 22.1. The highest BCUT2D eigenvalue weighted by atomic mass is 28.3. The summed E-state index contributed by atoms with van der Waals surface area (Å²) in [6.45, 7) is 26.6. The zero-order chi connectivity index (χ0) is 35.9. The lowest BCUT2D eigenvalue weighted by Gasteiger charge is -2.41. The summed E-state index contributed by atoms with van der Waals surface area (Å²) in [5.41, 5.74) is 3.20. The molecule has 0 bridgehead atoms. The molecule has 47 heavy (non-hydrogen) atoms. The third kappa shape index (κ3) is 18.9. The van der Waals surface area contributed by atoms with Gasteiger partial charge < -0.3 is 14.2 Å². The van der Waals surface area contributed by atoms with Crippen LogP contribution >= 0.6 is 0 Å². The van der Waals surface area contributed by atoms with Gasteiger partial charge in [0, 0.05) is 37.1 Å². The number of hydrogen-bond acceptors (Lipinski definition) is 5. The molecular weight excluding hydrogens is 608 g/mol. The van der Waals surface area contributed by atoms with Gasteiger partial charge in [-0.2, -0.15) is 0 Å². The molecule has 0 aromatic carbocycles. The van der Waals surface area contributed by atoms with Crippen LogP contribution in [-0.4, -0.2) is 45.4 Å². The average Bonchev–Trinajstić information content (AvgIpc) is 2.97. The van der Waals surface area contributed by atoms with E-state index < -0.39 is 25.7 Å². The minimum atomic E-state index is -1.12. The Labute approximate surface area is 288 Å². The average molecular weight is 675 g/mol. The topological polar surface area (TPSA) is 61.8 Å². The second kappa shape index (κ2) is 19.9. The highest BCUT2D eigenvalue weighted by Crippen LogP contribution is 2.33. The van der Waals surface area contributed by atoms with Gasteiger partial charge in [-0.3, -0.25) is 9.59 Å². The number of hydrogen-bond donors (Lipinski definition) is 0. The lowest BCUT2D eigenvalue weighted by molar-refractivity contribution is -0.291. The van der Waals surface area contributed by atoms with Crippen LogP contribution in [0.1, 0.15) is 127 Å². The third-order valence-corrected chi connectivity index (χ3v) is 9.91. The maximum absolute atomic E-state index is 14.9. The number of ketones is 1. The van der Waals surface area contributed by atoms with E-state index in [0.29, 0.717) is 51.7 Å². The van der Waals surface area contributed by atoms with Gasteiger partial charge in [0.15, 0.2) is 5.79 Å². The van der Waals surface area contributed by atoms with Crippen molar-refractivity contribution in [2.75, 3.05) is 19.8 Å². The van der Waals surface area contributed by atoms with Crippen LogP contribution in [0.25, 0.3) is 0 Å². The quantitative estimate of drug-likeness (QED) is 0.0449. The fourth-order valence-corrected chi connectivity index (χ4v) is 5.66. The van der Waals surface area contributed by atoms with Crippen molar-refractivity contribution in [3.63, 3.8) is 0 Å². The summed E-state index contributed by atoms with van der Waals surface area (Å²) in [4.78, 5) is 25.8. The van der Waals surface area contributed by atoms with Crippen LogP contribution < -0.4 is 0 Å². The Morgan fingerprint density at radius 2 is 1.55 bits per heavy atom. The molecule has 0 amide bonds. The molecule has 5 nitrogen and oxygen atoms in total. The summed E-state index contributed by atoms with van der Waals surface area (Å²) in [6.07, 6.45) is 10.2. The molecule has 1 aliphatic rings. The first-order valence-electron chi connectivity index (χ1n) is 17.8. The predicted octanol–water partition coefficient (Wildman–Crippen LogP) is 10.9. The molecular formula is C40H67FO5Si. The molecule has 1 fully saturated rings. The molecule has 0 aliphatic carbocycles. The first-order chi connectivity index (χ1) is 21.7. The lowest BCUT2D eigenvalue weighted by Crippen LogP contribution is -2.46. The van der Waals surface area contributed by atoms with Crippen molar-refractivity contribution < 1.29 is 28.2 Å². The number of allylic oxidation sites excluding steroid dienone is 6. The Kier molecular flexibility index (Phi) is 18.2. The Balaban J connectivity index is 2.59. The van der Waals surface area contributed by atoms with Gasteiger partial charge in [0.2, 0.25) is 0 Å². The van der Waals surface area contributed by atoms with Crippen molar-refractivity contribution in [2.24, 2.45) is 16.7 Å². The molecule has 0 radical (unpaired) electrons. The van der Waals surface area contributed by atoms with Gasteiger partial charge in [0.1, 0.15) is 11.7 Å². The number of rotatable bonds is 19. The van der Waals surface area contributed by atoms with E-state index in [4.69, 9.17) is 14.2 Å². The zero-order valence-corrected chi connectivity index (χ0v) is 33.1. The first-order valence-corrected chi connectivity index (χ1v) is 21.5. The van der Waals surface area contributed by atoms with Crippen molar-refractivity contribution in [3.05, 3.63) is 34.7 Å². The molecule has 0 N–H and O–H groups in total. The second-order valence-electron chi connectivity index (χ2n) is 16.6. The molecule has 1 aliphatic heterocycles. The van der Waals surface area contributed by atoms with Gasteiger partial charge in [-0.1, -0.05) is 70.6 Å². The van der Waals surface area contributed by atoms with Crippen molar-refractivity contribution >= 4 is 19.8 Å². The Morgan fingerprint density at radius 3 is 2.15 bits per heavy atom. The molecule has 1 rings (SSSR count). The highest BCUT2D eigenvalue weighted by molar-refractivity contribution is 6.76. The maximum atomic E-state index is 14.9. The summed E-state index contributed by atoms with van der Waals surface area (Å²) in [5, 5.41) is 0. The number of Topliss-reactive ketones (excluding diaryl/α,β-unsaturated/α-hetero) is 1. The molecule has 1 saturated heterocycles. The van der Waals surface area contributed by atoms with Gasteiger partial charge >= 0.3 is 5.97 Å². The molecule has 0 saturated carbocycles. The monoisotopic (exact) mass is 674 g/mol. The standard InChI is InChI=1S/C40H67FO5Si/c1-13-44-37(43)34(36(42)24-27-40(9)45-29-39(7,8)30-46-40)22-20-31(2)17-16-18-35(41)33(4)21-19-32(3)23-26-38(5,6)25-14-15-28-47(10,11)12/h17,23,34H,13,16,18-22,24-30H2,1-12H3/b31-17+,32-23-,35-33-. The molecule has 0 aromatic rings. The number of esters is 1. The van der Waals surface area contributed by atoms with Crippen molar-refractivity contribution in [2.45, 2.75) is 158 Å². The smallest absolute Gasteiger partial charge is 0.316 e. The Hall–Kier alpha value is -2.01. The SMILES string of the molecule is CCOC(=O)C(CC/C(C)=C/CC/C(F)=C(\C)CC/C(C)=C\CC(C)(C)CC#CC[Si](C)(C)C)C(=O)CCC1(C)OCC(C)(C)CO1. The third-order valence-electron chi connectivity index (χ3n) is 8.68. The number of ether oxygens (including phenoxy) is 3. The molecule has 1 unspecified atom stereocenters. The molecule has 0 spiro atoms. The Bertz CT molecular complexity index is 1170. The van der Waals surface area contributed by atoms with Gasteiger partial charge in [0.25, 0.3) is 0 Å². The van der Waals surface area contributed by atoms with E-state index in [1.807, 2.05) is 26.8 Å². The fraction of sp³-hybridized carbons (Fsp3) is 0.750. The van der Waals surface area contributed by atoms with Crippen LogP contribution in [-0.2, 0) is 23.8 Å². The van der Waals surface area contributed by atoms with E-state index in [2.05, 4.69) is 72.2 Å². The van der Waals surface area contributed by atoms with Crippen molar-refractivity contribution in [1.29, 1.82) is 0 Å². The highest BCUT2D eigenvalue weighted by Gasteiger charge is 2.38. The molecule has 268 valence electrons. The van der Waals surface area contributed by atoms with Gasteiger partial charge in [-0.15, -0.1) is 11.8 Å². The van der Waals surface area contributed by atoms with E-state index in [1.54, 1.807) is 6.92 Å². The van der Waals surface area contributed by atoms with Gasteiger partial charge in [0.05, 0.1) is 33.7 Å². The Morgan fingerprint density at radius 1 is 0.936 bits per heavy atom. The van der Waals surface area contributed by atoms with Crippen LogP contribution in [0.4, 0.5) is 4.39 Å². The first kappa shape index (κ1) is 43.0. The van der Waals surface area contributed by atoms with Crippen LogP contribution in [0.3, 0.4) is 0 Å². The van der Waals surface area contributed by atoms with E-state index in [0.717, 1.165) is 36.5 Å². The van der Waals surface area contributed by atoms with Crippen LogP contribution in [0.15, 0.2) is 34.7 Å². The van der Waals surface area contributed by atoms with Crippen molar-refractivity contribution in [3.8, 4) is 11.8 Å². The molecule has 1 heterocycles. The maximum Gasteiger partial charge on any atom is 0.316 e. The minimum absolute atomic E-state index is 0.0523. The van der Waals surface area contributed by atoms with E-state index >= 15 is 0 Å².